The number of carbonyl (C=O) groups is 1. The molecular weight excluding hydrogens is 520 g/mol. The first kappa shape index (κ1) is 33.9. The van der Waals surface area contributed by atoms with Crippen molar-refractivity contribution in [1.82, 2.24) is 0 Å². The van der Waals surface area contributed by atoms with Crippen LogP contribution in [0.4, 0.5) is 16.2 Å². The van der Waals surface area contributed by atoms with Gasteiger partial charge in [0.1, 0.15) is 5.75 Å². The molecule has 0 spiro atoms. The van der Waals surface area contributed by atoms with Crippen molar-refractivity contribution in [3.63, 3.8) is 0 Å². The Hall–Kier alpha value is -3.29. The number of benzene rings is 2. The molecular formula is C33H50N2O6. The van der Waals surface area contributed by atoms with E-state index in [1.165, 1.54) is 106 Å². The molecule has 2 aromatic carbocycles. The molecule has 0 saturated heterocycles. The number of anilines is 1. The lowest BCUT2D eigenvalue weighted by molar-refractivity contribution is -0.384. The molecule has 0 aliphatic carbocycles. The summed E-state index contributed by atoms with van der Waals surface area (Å²) >= 11 is 0. The third kappa shape index (κ3) is 12.0. The zero-order valence-corrected chi connectivity index (χ0v) is 25.3. The lowest BCUT2D eigenvalue weighted by atomic mass is 10.0. The van der Waals surface area contributed by atoms with Gasteiger partial charge in [-0.15, -0.1) is 0 Å². The van der Waals surface area contributed by atoms with E-state index in [1.807, 2.05) is 0 Å². The number of rotatable bonds is 20. The molecule has 2 aromatic rings. The van der Waals surface area contributed by atoms with Crippen LogP contribution in [0.3, 0.4) is 0 Å². The highest BCUT2D eigenvalue weighted by Crippen LogP contribution is 2.39. The Balaban J connectivity index is 1.80. The van der Waals surface area contributed by atoms with Crippen LogP contribution in [0.1, 0.15) is 121 Å². The minimum atomic E-state index is -0.695. The number of non-ortho nitro benzene ring substituents is 1. The fourth-order valence-electron chi connectivity index (χ4n) is 5.09. The van der Waals surface area contributed by atoms with Crippen molar-refractivity contribution in [1.29, 1.82) is 0 Å². The maximum absolute atomic E-state index is 13.2. The fraction of sp³-hybridized carbons (Fsp3) is 0.606. The zero-order valence-electron chi connectivity index (χ0n) is 25.3. The standard InChI is InChI=1S/C33H50N2O6/c1-4-5-6-7-8-9-10-11-12-13-14-15-16-17-18-19-23-34(30-24-26(2)31(36)32(37)27(30)3)33(38)41-29-22-20-21-28(25-29)35(39)40/h20-22,24-25,36-37H,4-19,23H2,1-3H3. The monoisotopic (exact) mass is 570 g/mol. The van der Waals surface area contributed by atoms with Gasteiger partial charge in [-0.05, 0) is 38.0 Å². The predicted octanol–water partition coefficient (Wildman–Crippen LogP) is 9.89. The lowest BCUT2D eigenvalue weighted by Gasteiger charge is -2.25. The molecule has 0 radical (unpaired) electrons. The van der Waals surface area contributed by atoms with Crippen LogP contribution in [-0.4, -0.2) is 27.8 Å². The predicted molar refractivity (Wildman–Crippen MR) is 165 cm³/mol. The van der Waals surface area contributed by atoms with Crippen molar-refractivity contribution in [3.8, 4) is 17.2 Å². The van der Waals surface area contributed by atoms with E-state index < -0.39 is 11.0 Å². The first-order valence-corrected chi connectivity index (χ1v) is 15.5. The third-order valence-electron chi connectivity index (χ3n) is 7.67. The number of nitro groups is 1. The van der Waals surface area contributed by atoms with Crippen LogP contribution in [0.15, 0.2) is 30.3 Å². The van der Waals surface area contributed by atoms with Crippen molar-refractivity contribution >= 4 is 17.5 Å². The topological polar surface area (TPSA) is 113 Å². The van der Waals surface area contributed by atoms with E-state index in [4.69, 9.17) is 4.74 Å². The largest absolute Gasteiger partial charge is 0.504 e. The summed E-state index contributed by atoms with van der Waals surface area (Å²) in [5, 5.41) is 31.6. The molecule has 1 amide bonds. The van der Waals surface area contributed by atoms with Crippen LogP contribution in [0.25, 0.3) is 0 Å². The van der Waals surface area contributed by atoms with Gasteiger partial charge in [0, 0.05) is 18.2 Å². The Morgan fingerprint density at radius 1 is 0.805 bits per heavy atom. The van der Waals surface area contributed by atoms with Crippen LogP contribution >= 0.6 is 0 Å². The van der Waals surface area contributed by atoms with E-state index in [9.17, 15) is 25.1 Å². The Morgan fingerprint density at radius 2 is 1.32 bits per heavy atom. The van der Waals surface area contributed by atoms with Crippen LogP contribution in [0.2, 0.25) is 0 Å². The number of aromatic hydroxyl groups is 2. The maximum Gasteiger partial charge on any atom is 0.419 e. The Labute approximate surface area is 245 Å². The molecule has 0 aliphatic heterocycles. The molecule has 0 unspecified atom stereocenters. The summed E-state index contributed by atoms with van der Waals surface area (Å²) in [5.74, 6) is -0.431. The highest BCUT2D eigenvalue weighted by molar-refractivity contribution is 5.91. The van der Waals surface area contributed by atoms with Gasteiger partial charge in [0.15, 0.2) is 11.5 Å². The minimum Gasteiger partial charge on any atom is -0.504 e. The van der Waals surface area contributed by atoms with Crippen LogP contribution in [0, 0.1) is 24.0 Å². The summed E-state index contributed by atoms with van der Waals surface area (Å²) < 4.78 is 5.50. The quantitative estimate of drug-likeness (QED) is 0.0709. The van der Waals surface area contributed by atoms with Crippen molar-refractivity contribution in [2.45, 2.75) is 124 Å². The van der Waals surface area contributed by atoms with Crippen molar-refractivity contribution in [3.05, 3.63) is 51.6 Å². The summed E-state index contributed by atoms with van der Waals surface area (Å²) in [4.78, 5) is 25.3. The van der Waals surface area contributed by atoms with Gasteiger partial charge >= 0.3 is 6.09 Å². The maximum atomic E-state index is 13.2. The second kappa shape index (κ2) is 18.9. The first-order chi connectivity index (χ1) is 19.8. The highest BCUT2D eigenvalue weighted by Gasteiger charge is 2.24. The fourth-order valence-corrected chi connectivity index (χ4v) is 5.09. The summed E-state index contributed by atoms with van der Waals surface area (Å²) in [6.45, 7) is 5.89. The molecule has 41 heavy (non-hydrogen) atoms. The van der Waals surface area contributed by atoms with Gasteiger partial charge in [0.05, 0.1) is 16.7 Å². The average Bonchev–Trinajstić information content (AvgIpc) is 2.96. The molecule has 0 aromatic heterocycles. The Kier molecular flexibility index (Phi) is 15.7. The molecule has 2 N–H and O–H groups in total. The molecule has 8 heteroatoms. The van der Waals surface area contributed by atoms with Crippen LogP contribution < -0.4 is 9.64 Å². The molecule has 0 fully saturated rings. The lowest BCUT2D eigenvalue weighted by Crippen LogP contribution is -2.35. The van der Waals surface area contributed by atoms with Gasteiger partial charge in [0.2, 0.25) is 0 Å². The van der Waals surface area contributed by atoms with E-state index in [2.05, 4.69) is 6.92 Å². The van der Waals surface area contributed by atoms with Crippen molar-refractivity contribution in [2.75, 3.05) is 11.4 Å². The number of phenols is 2. The summed E-state index contributed by atoms with van der Waals surface area (Å²) in [6.07, 6.45) is 19.3. The van der Waals surface area contributed by atoms with Crippen molar-refractivity contribution < 1.29 is 24.7 Å². The van der Waals surface area contributed by atoms with Gasteiger partial charge < -0.3 is 14.9 Å². The summed E-state index contributed by atoms with van der Waals surface area (Å²) in [7, 11) is 0. The van der Waals surface area contributed by atoms with Gasteiger partial charge in [-0.2, -0.15) is 0 Å². The molecule has 0 bridgehead atoms. The Morgan fingerprint density at radius 3 is 1.83 bits per heavy atom. The SMILES string of the molecule is CCCCCCCCCCCCCCCCCCN(C(=O)Oc1cccc([N+](=O)[O-])c1)c1cc(C)c(O)c(O)c1C. The molecule has 0 atom stereocenters. The second-order valence-corrected chi connectivity index (χ2v) is 11.1. The van der Waals surface area contributed by atoms with Gasteiger partial charge in [-0.3, -0.25) is 15.0 Å². The normalized spacial score (nSPS) is 11.0. The molecule has 0 saturated carbocycles. The van der Waals surface area contributed by atoms with Gasteiger partial charge in [-0.1, -0.05) is 109 Å². The number of aryl methyl sites for hydroxylation is 1. The number of nitrogens with zero attached hydrogens (tertiary/aromatic N) is 2. The highest BCUT2D eigenvalue weighted by atomic mass is 16.6. The van der Waals surface area contributed by atoms with Gasteiger partial charge in [0.25, 0.3) is 5.69 Å². The Bertz CT molecular complexity index is 1090. The molecule has 8 nitrogen and oxygen atoms in total. The van der Waals surface area contributed by atoms with E-state index in [1.54, 1.807) is 19.9 Å². The summed E-state index contributed by atoms with van der Waals surface area (Å²) in [6, 6.07) is 7.13. The van der Waals surface area contributed by atoms with Gasteiger partial charge in [-0.25, -0.2) is 4.79 Å². The van der Waals surface area contributed by atoms with E-state index in [0.717, 1.165) is 25.7 Å². The first-order valence-electron chi connectivity index (χ1n) is 15.5. The van der Waals surface area contributed by atoms with Crippen LogP contribution in [-0.2, 0) is 0 Å². The number of unbranched alkanes of at least 4 members (excludes halogenated alkanes) is 15. The molecule has 228 valence electrons. The minimum absolute atomic E-state index is 0.0681. The summed E-state index contributed by atoms with van der Waals surface area (Å²) in [5.41, 5.74) is 1.06. The number of amides is 1. The van der Waals surface area contributed by atoms with Crippen molar-refractivity contribution in [2.24, 2.45) is 0 Å². The number of phenolic OH excluding ortho intramolecular Hbond substituents is 2. The number of nitro benzene ring substituents is 1. The zero-order chi connectivity index (χ0) is 30.0. The number of carbonyl (C=O) groups excluding carboxylic acids is 1. The van der Waals surface area contributed by atoms with E-state index in [0.29, 0.717) is 23.4 Å². The molecule has 0 heterocycles. The van der Waals surface area contributed by atoms with Crippen LogP contribution in [0.5, 0.6) is 17.2 Å². The van der Waals surface area contributed by atoms with E-state index >= 15 is 0 Å². The molecule has 0 aliphatic rings. The smallest absolute Gasteiger partial charge is 0.419 e. The third-order valence-corrected chi connectivity index (χ3v) is 7.67. The number of hydrogen-bond donors (Lipinski definition) is 2. The molecule has 2 rings (SSSR count). The second-order valence-electron chi connectivity index (χ2n) is 11.1. The number of ether oxygens (including phenoxy) is 1. The average molecular weight is 571 g/mol. The number of hydrogen-bond acceptors (Lipinski definition) is 6. The van der Waals surface area contributed by atoms with E-state index in [-0.39, 0.29) is 22.9 Å².